The van der Waals surface area contributed by atoms with Crippen molar-refractivity contribution in [3.8, 4) is 0 Å². The molecule has 0 amide bonds. The minimum atomic E-state index is 0.890. The molecule has 5 rings (SSSR count). The second kappa shape index (κ2) is 7.67. The summed E-state index contributed by atoms with van der Waals surface area (Å²) in [6.07, 6.45) is 7.63. The van der Waals surface area contributed by atoms with E-state index < -0.39 is 0 Å². The van der Waals surface area contributed by atoms with Crippen molar-refractivity contribution in [3.05, 3.63) is 48.8 Å². The van der Waals surface area contributed by atoms with Gasteiger partial charge in [-0.05, 0) is 37.1 Å². The lowest BCUT2D eigenvalue weighted by Gasteiger charge is -2.36. The molecule has 28 heavy (non-hydrogen) atoms. The molecule has 7 nitrogen and oxygen atoms in total. The lowest BCUT2D eigenvalue weighted by atomic mass is 10.1. The summed E-state index contributed by atoms with van der Waals surface area (Å²) in [6, 6.07) is 8.61. The monoisotopic (exact) mass is 375 g/mol. The smallest absolute Gasteiger partial charge is 0.139 e. The van der Waals surface area contributed by atoms with Crippen molar-refractivity contribution in [2.75, 3.05) is 49.1 Å². The molecule has 3 aromatic rings. The fourth-order valence-electron chi connectivity index (χ4n) is 4.21. The van der Waals surface area contributed by atoms with Crippen LogP contribution >= 0.6 is 0 Å². The number of piperazine rings is 1. The molecule has 144 valence electrons. The maximum absolute atomic E-state index is 4.61. The van der Waals surface area contributed by atoms with Crippen LogP contribution in [0, 0.1) is 0 Å². The molecule has 0 N–H and O–H groups in total. The first-order valence-electron chi connectivity index (χ1n) is 10.1. The first-order chi connectivity index (χ1) is 13.9. The topological polar surface area (TPSA) is 61.3 Å². The van der Waals surface area contributed by atoms with Gasteiger partial charge in [0.1, 0.15) is 18.5 Å². The highest BCUT2D eigenvalue weighted by molar-refractivity contribution is 5.92. The Labute approximate surface area is 165 Å². The van der Waals surface area contributed by atoms with E-state index in [1.165, 1.54) is 23.9 Å². The van der Waals surface area contributed by atoms with Crippen LogP contribution in [0.1, 0.15) is 18.5 Å². The molecule has 2 saturated heterocycles. The van der Waals surface area contributed by atoms with Crippen LogP contribution in [0.15, 0.2) is 43.1 Å². The highest BCUT2D eigenvalue weighted by Crippen LogP contribution is 2.30. The van der Waals surface area contributed by atoms with E-state index in [1.54, 1.807) is 12.7 Å². The zero-order chi connectivity index (χ0) is 18.8. The predicted molar refractivity (Wildman–Crippen MR) is 111 cm³/mol. The highest BCUT2D eigenvalue weighted by atomic mass is 15.3. The van der Waals surface area contributed by atoms with E-state index in [-0.39, 0.29) is 0 Å². The van der Waals surface area contributed by atoms with Gasteiger partial charge >= 0.3 is 0 Å². The first-order valence-corrected chi connectivity index (χ1v) is 10.1. The number of benzene rings is 1. The number of rotatable bonds is 4. The third-order valence-electron chi connectivity index (χ3n) is 5.77. The SMILES string of the molecule is c1cc(CN2CCN(c3ccc4ncnc(N5CCCC5)c4c3)CC2)ncn1. The summed E-state index contributed by atoms with van der Waals surface area (Å²) in [5.41, 5.74) is 3.38. The molecule has 4 heterocycles. The van der Waals surface area contributed by atoms with E-state index in [9.17, 15) is 0 Å². The van der Waals surface area contributed by atoms with Gasteiger partial charge in [-0.3, -0.25) is 4.90 Å². The van der Waals surface area contributed by atoms with Crippen molar-refractivity contribution in [1.82, 2.24) is 24.8 Å². The summed E-state index contributed by atoms with van der Waals surface area (Å²) in [5.74, 6) is 1.09. The Morgan fingerprint density at radius 1 is 0.786 bits per heavy atom. The standard InChI is InChI=1S/C21H25N7/c1-2-8-28(7-1)21-19-13-18(3-4-20(19)24-16-25-21)27-11-9-26(10-12-27)14-17-5-6-22-15-23-17/h3-6,13,15-16H,1-2,7-12,14H2. The summed E-state index contributed by atoms with van der Waals surface area (Å²) in [6.45, 7) is 7.18. The van der Waals surface area contributed by atoms with Gasteiger partial charge in [-0.15, -0.1) is 0 Å². The van der Waals surface area contributed by atoms with Crippen LogP contribution in [-0.2, 0) is 6.54 Å². The Kier molecular flexibility index (Phi) is 4.74. The van der Waals surface area contributed by atoms with Crippen molar-refractivity contribution in [2.45, 2.75) is 19.4 Å². The maximum atomic E-state index is 4.61. The number of anilines is 2. The Morgan fingerprint density at radius 2 is 1.64 bits per heavy atom. The number of hydrogen-bond donors (Lipinski definition) is 0. The molecule has 0 unspecified atom stereocenters. The fraction of sp³-hybridized carbons (Fsp3) is 0.429. The lowest BCUT2D eigenvalue weighted by molar-refractivity contribution is 0.247. The molecule has 2 fully saturated rings. The molecule has 0 saturated carbocycles. The molecule has 2 aliphatic rings. The average Bonchev–Trinajstić information content (AvgIpc) is 3.29. The number of hydrogen-bond acceptors (Lipinski definition) is 7. The molecule has 0 radical (unpaired) electrons. The van der Waals surface area contributed by atoms with Gasteiger partial charge in [0.2, 0.25) is 0 Å². The van der Waals surface area contributed by atoms with Crippen LogP contribution in [0.3, 0.4) is 0 Å². The normalized spacial score (nSPS) is 18.1. The van der Waals surface area contributed by atoms with Crippen molar-refractivity contribution >= 4 is 22.4 Å². The highest BCUT2D eigenvalue weighted by Gasteiger charge is 2.20. The van der Waals surface area contributed by atoms with E-state index in [4.69, 9.17) is 0 Å². The summed E-state index contributed by atoms with van der Waals surface area (Å²) < 4.78 is 0. The summed E-state index contributed by atoms with van der Waals surface area (Å²) in [5, 5.41) is 1.17. The van der Waals surface area contributed by atoms with E-state index in [1.807, 2.05) is 12.3 Å². The second-order valence-corrected chi connectivity index (χ2v) is 7.56. The molecule has 2 aromatic heterocycles. The minimum absolute atomic E-state index is 0.890. The second-order valence-electron chi connectivity index (χ2n) is 7.56. The van der Waals surface area contributed by atoms with Crippen LogP contribution in [0.2, 0.25) is 0 Å². The molecular weight excluding hydrogens is 350 g/mol. The van der Waals surface area contributed by atoms with E-state index in [2.05, 4.69) is 52.8 Å². The quantitative estimate of drug-likeness (QED) is 0.694. The van der Waals surface area contributed by atoms with Crippen LogP contribution in [0.25, 0.3) is 10.9 Å². The summed E-state index contributed by atoms with van der Waals surface area (Å²) >= 11 is 0. The van der Waals surface area contributed by atoms with Crippen LogP contribution in [0.4, 0.5) is 11.5 Å². The van der Waals surface area contributed by atoms with Crippen LogP contribution in [0.5, 0.6) is 0 Å². The van der Waals surface area contributed by atoms with Gasteiger partial charge < -0.3 is 9.80 Å². The molecule has 7 heteroatoms. The minimum Gasteiger partial charge on any atom is -0.369 e. The van der Waals surface area contributed by atoms with E-state index >= 15 is 0 Å². The maximum Gasteiger partial charge on any atom is 0.139 e. The van der Waals surface area contributed by atoms with Crippen molar-refractivity contribution in [2.24, 2.45) is 0 Å². The Morgan fingerprint density at radius 3 is 2.43 bits per heavy atom. The van der Waals surface area contributed by atoms with Gasteiger partial charge in [-0.1, -0.05) is 0 Å². The van der Waals surface area contributed by atoms with E-state index in [0.29, 0.717) is 0 Å². The molecule has 0 spiro atoms. The van der Waals surface area contributed by atoms with Gasteiger partial charge in [0.05, 0.1) is 11.2 Å². The van der Waals surface area contributed by atoms with Gasteiger partial charge in [-0.2, -0.15) is 0 Å². The lowest BCUT2D eigenvalue weighted by Crippen LogP contribution is -2.46. The van der Waals surface area contributed by atoms with Gasteiger partial charge in [0.15, 0.2) is 0 Å². The predicted octanol–water partition coefficient (Wildman–Crippen LogP) is 2.34. The first kappa shape index (κ1) is 17.3. The molecular formula is C21H25N7. The Hall–Kier alpha value is -2.80. The van der Waals surface area contributed by atoms with Crippen LogP contribution in [-0.4, -0.2) is 64.1 Å². The molecule has 0 aliphatic carbocycles. The zero-order valence-electron chi connectivity index (χ0n) is 16.0. The number of aromatic nitrogens is 4. The molecule has 2 aliphatic heterocycles. The fourth-order valence-corrected chi connectivity index (χ4v) is 4.21. The Bertz CT molecular complexity index is 932. The molecule has 0 bridgehead atoms. The third-order valence-corrected chi connectivity index (χ3v) is 5.77. The summed E-state index contributed by atoms with van der Waals surface area (Å²) in [7, 11) is 0. The van der Waals surface area contributed by atoms with Crippen molar-refractivity contribution in [3.63, 3.8) is 0 Å². The van der Waals surface area contributed by atoms with Gasteiger partial charge in [0, 0.05) is 63.1 Å². The third kappa shape index (κ3) is 3.49. The van der Waals surface area contributed by atoms with E-state index in [0.717, 1.165) is 62.8 Å². The Balaban J connectivity index is 1.32. The number of fused-ring (bicyclic) bond motifs is 1. The summed E-state index contributed by atoms with van der Waals surface area (Å²) in [4.78, 5) is 24.8. The molecule has 0 atom stereocenters. The average molecular weight is 375 g/mol. The van der Waals surface area contributed by atoms with Gasteiger partial charge in [0.25, 0.3) is 0 Å². The number of nitrogens with zero attached hydrogens (tertiary/aromatic N) is 7. The largest absolute Gasteiger partial charge is 0.369 e. The zero-order valence-corrected chi connectivity index (χ0v) is 16.0. The van der Waals surface area contributed by atoms with Crippen molar-refractivity contribution < 1.29 is 0 Å². The van der Waals surface area contributed by atoms with Crippen molar-refractivity contribution in [1.29, 1.82) is 0 Å². The van der Waals surface area contributed by atoms with Crippen LogP contribution < -0.4 is 9.80 Å². The van der Waals surface area contributed by atoms with Gasteiger partial charge in [-0.25, -0.2) is 19.9 Å². The molecule has 1 aromatic carbocycles.